The first kappa shape index (κ1) is 29.6. The highest BCUT2D eigenvalue weighted by Gasteiger charge is 2.52. The van der Waals surface area contributed by atoms with E-state index in [0.29, 0.717) is 26.1 Å². The average Bonchev–Trinajstić information content (AvgIpc) is 3.34. The topological polar surface area (TPSA) is 120 Å². The Morgan fingerprint density at radius 1 is 1.13 bits per heavy atom. The van der Waals surface area contributed by atoms with Gasteiger partial charge < -0.3 is 24.6 Å². The van der Waals surface area contributed by atoms with Gasteiger partial charge in [-0.1, -0.05) is 35.6 Å². The standard InChI is InChI=1S/C28H41N3O7/c1-3-37-20-38-23-17-25-26(32)29-24(27(33)34)11-9-7-5-4-6-8-10-16-30(28(35)31(25)19-23)18-21-12-14-22(36-2)15-13-21/h5,7,12-15,23-25H,3-4,6,8-11,16-20H2,1-2H3,(H,29,32)(H,33,34)/q+1. The van der Waals surface area contributed by atoms with Crippen molar-refractivity contribution in [1.82, 2.24) is 15.1 Å². The van der Waals surface area contributed by atoms with Crippen LogP contribution < -0.4 is 15.0 Å². The molecule has 0 spiro atoms. The molecule has 3 amide bonds. The summed E-state index contributed by atoms with van der Waals surface area (Å²) in [4.78, 5) is 42.4. The van der Waals surface area contributed by atoms with E-state index in [1.807, 2.05) is 37.3 Å². The van der Waals surface area contributed by atoms with Crippen molar-refractivity contribution in [3.05, 3.63) is 42.0 Å². The third-order valence-corrected chi connectivity index (χ3v) is 6.91. The smallest absolute Gasteiger partial charge is 0.468 e. The van der Waals surface area contributed by atoms with Gasteiger partial charge in [-0.15, -0.1) is 0 Å². The van der Waals surface area contributed by atoms with Crippen molar-refractivity contribution in [1.29, 1.82) is 0 Å². The van der Waals surface area contributed by atoms with Gasteiger partial charge in [-0.3, -0.25) is 9.69 Å². The number of ether oxygens (including phenoxy) is 3. The number of amides is 3. The molecule has 1 aromatic carbocycles. The number of carboxylic acid groups (broad SMARTS) is 1. The van der Waals surface area contributed by atoms with Gasteiger partial charge in [0.05, 0.1) is 13.7 Å². The number of methoxy groups -OCH3 is 1. The molecule has 0 aliphatic carbocycles. The zero-order valence-corrected chi connectivity index (χ0v) is 22.5. The van der Waals surface area contributed by atoms with Crippen LogP contribution in [0.25, 0.3) is 0 Å². The largest absolute Gasteiger partial charge is 0.497 e. The maximum absolute atomic E-state index is 13.9. The molecule has 2 N–H and O–H groups in total. The van der Waals surface area contributed by atoms with Gasteiger partial charge in [0.15, 0.2) is 6.54 Å². The van der Waals surface area contributed by atoms with E-state index in [-0.39, 0.29) is 32.2 Å². The summed E-state index contributed by atoms with van der Waals surface area (Å²) in [7, 11) is 1.61. The first-order valence-corrected chi connectivity index (χ1v) is 13.5. The number of carboxylic acids is 1. The van der Waals surface area contributed by atoms with Crippen LogP contribution in [0.4, 0.5) is 4.79 Å². The minimum absolute atomic E-state index is 0.0667. The summed E-state index contributed by atoms with van der Waals surface area (Å²) in [5.74, 6) is -0.831. The van der Waals surface area contributed by atoms with Gasteiger partial charge in [0.2, 0.25) is 6.04 Å². The van der Waals surface area contributed by atoms with Crippen LogP contribution in [0.3, 0.4) is 0 Å². The second kappa shape index (κ2) is 15.5. The molecule has 2 heterocycles. The maximum Gasteiger partial charge on any atom is 0.468 e. The molecule has 10 heteroatoms. The highest BCUT2D eigenvalue weighted by atomic mass is 16.7. The summed E-state index contributed by atoms with van der Waals surface area (Å²) < 4.78 is 16.4. The van der Waals surface area contributed by atoms with Crippen molar-refractivity contribution < 1.29 is 33.7 Å². The van der Waals surface area contributed by atoms with Crippen LogP contribution in [0.15, 0.2) is 36.4 Å². The quantitative estimate of drug-likeness (QED) is 0.228. The Bertz CT molecular complexity index is 937. The summed E-state index contributed by atoms with van der Waals surface area (Å²) in [6.07, 6.45) is 8.43. The molecular formula is C28H41N3O7+. The van der Waals surface area contributed by atoms with Crippen molar-refractivity contribution in [2.24, 2.45) is 0 Å². The molecule has 2 aliphatic rings. The van der Waals surface area contributed by atoms with Gasteiger partial charge in [-0.25, -0.2) is 9.59 Å². The summed E-state index contributed by atoms with van der Waals surface area (Å²) in [6.45, 7) is 3.57. The SMILES string of the molecule is CCOCOC1CC2C(=O)NC(C(=O)O)CCC=CCCCCCN(Cc3ccc(OC)cc3)C(=O)[N+]2C1. The lowest BCUT2D eigenvalue weighted by Gasteiger charge is -2.24. The van der Waals surface area contributed by atoms with Crippen molar-refractivity contribution in [3.8, 4) is 5.75 Å². The third-order valence-electron chi connectivity index (χ3n) is 6.91. The van der Waals surface area contributed by atoms with Crippen molar-refractivity contribution in [2.45, 2.75) is 76.6 Å². The van der Waals surface area contributed by atoms with E-state index in [1.54, 1.807) is 12.0 Å². The number of rotatable bonds is 8. The number of nitrogens with zero attached hydrogens (tertiary/aromatic N) is 2. The Morgan fingerprint density at radius 2 is 1.89 bits per heavy atom. The molecule has 10 nitrogen and oxygen atoms in total. The number of carbonyl (C=O) groups excluding carboxylic acids is 2. The highest BCUT2D eigenvalue weighted by molar-refractivity contribution is 5.92. The lowest BCUT2D eigenvalue weighted by atomic mass is 10.1. The lowest BCUT2D eigenvalue weighted by Crippen LogP contribution is -2.56. The molecule has 209 valence electrons. The molecule has 1 radical (unpaired) electrons. The molecule has 1 aromatic rings. The zero-order valence-electron chi connectivity index (χ0n) is 22.5. The summed E-state index contributed by atoms with van der Waals surface area (Å²) in [5.41, 5.74) is 0.951. The Labute approximate surface area is 224 Å². The number of urea groups is 1. The van der Waals surface area contributed by atoms with Crippen LogP contribution in [0.5, 0.6) is 5.75 Å². The molecule has 1 saturated heterocycles. The Kier molecular flexibility index (Phi) is 12.0. The van der Waals surface area contributed by atoms with Crippen molar-refractivity contribution in [3.63, 3.8) is 0 Å². The van der Waals surface area contributed by atoms with E-state index < -0.39 is 30.1 Å². The van der Waals surface area contributed by atoms with E-state index in [2.05, 4.69) is 11.4 Å². The van der Waals surface area contributed by atoms with E-state index in [4.69, 9.17) is 14.2 Å². The number of nitrogens with one attached hydrogen (secondary N) is 1. The first-order valence-electron chi connectivity index (χ1n) is 13.5. The van der Waals surface area contributed by atoms with Gasteiger partial charge in [-0.05, 0) is 56.7 Å². The molecule has 3 unspecified atom stereocenters. The molecule has 0 bridgehead atoms. The maximum atomic E-state index is 13.9. The fourth-order valence-electron chi connectivity index (χ4n) is 4.75. The van der Waals surface area contributed by atoms with E-state index in [9.17, 15) is 19.5 Å². The lowest BCUT2D eigenvalue weighted by molar-refractivity contribution is -0.142. The van der Waals surface area contributed by atoms with Crippen molar-refractivity contribution >= 4 is 17.9 Å². The molecule has 2 aliphatic heterocycles. The van der Waals surface area contributed by atoms with Gasteiger partial charge in [0.1, 0.15) is 24.7 Å². The normalized spacial score (nSPS) is 24.2. The summed E-state index contributed by atoms with van der Waals surface area (Å²) >= 11 is 0. The predicted octanol–water partition coefficient (Wildman–Crippen LogP) is 3.39. The number of carbonyl (C=O) groups is 3. The van der Waals surface area contributed by atoms with Crippen LogP contribution in [0.1, 0.15) is 57.4 Å². The Balaban J connectivity index is 1.85. The Morgan fingerprint density at radius 3 is 2.61 bits per heavy atom. The fourth-order valence-corrected chi connectivity index (χ4v) is 4.75. The summed E-state index contributed by atoms with van der Waals surface area (Å²) in [5, 5.41) is 12.4. The van der Waals surface area contributed by atoms with Crippen LogP contribution in [0.2, 0.25) is 0 Å². The highest BCUT2D eigenvalue weighted by Crippen LogP contribution is 2.23. The number of allylic oxidation sites excluding steroid dienone is 2. The van der Waals surface area contributed by atoms with Crippen LogP contribution in [-0.4, -0.2) is 79.7 Å². The van der Waals surface area contributed by atoms with E-state index in [0.717, 1.165) is 37.0 Å². The van der Waals surface area contributed by atoms with Gasteiger partial charge in [0, 0.05) is 19.6 Å². The van der Waals surface area contributed by atoms with Gasteiger partial charge in [-0.2, -0.15) is 0 Å². The van der Waals surface area contributed by atoms with Gasteiger partial charge >= 0.3 is 12.0 Å². The molecule has 3 rings (SSSR count). The predicted molar refractivity (Wildman–Crippen MR) is 142 cm³/mol. The van der Waals surface area contributed by atoms with E-state index in [1.165, 1.54) is 4.90 Å². The average molecular weight is 532 g/mol. The minimum atomic E-state index is -1.09. The van der Waals surface area contributed by atoms with Gasteiger partial charge in [0.25, 0.3) is 5.91 Å². The second-order valence-corrected chi connectivity index (χ2v) is 9.65. The first-order chi connectivity index (χ1) is 18.4. The van der Waals surface area contributed by atoms with E-state index >= 15 is 0 Å². The molecule has 0 saturated carbocycles. The fraction of sp³-hybridized carbons (Fsp3) is 0.607. The number of fused-ring (bicyclic) bond motifs is 1. The zero-order chi connectivity index (χ0) is 27.3. The minimum Gasteiger partial charge on any atom is -0.497 e. The molecule has 38 heavy (non-hydrogen) atoms. The molecule has 1 fully saturated rings. The third kappa shape index (κ3) is 8.82. The van der Waals surface area contributed by atoms with Crippen LogP contribution in [0, 0.1) is 0 Å². The van der Waals surface area contributed by atoms with Crippen LogP contribution in [-0.2, 0) is 25.6 Å². The number of aliphatic carboxylic acids is 1. The van der Waals surface area contributed by atoms with Crippen LogP contribution >= 0.6 is 0 Å². The summed E-state index contributed by atoms with van der Waals surface area (Å²) in [6, 6.07) is 5.44. The number of hydrogen-bond donors (Lipinski definition) is 2. The molecule has 0 aromatic heterocycles. The molecule has 3 atom stereocenters. The number of hydrogen-bond acceptors (Lipinski definition) is 6. The van der Waals surface area contributed by atoms with Crippen molar-refractivity contribution in [2.75, 3.05) is 33.6 Å². The molecular weight excluding hydrogens is 490 g/mol. The number of benzene rings is 1. The monoisotopic (exact) mass is 531 g/mol. The second-order valence-electron chi connectivity index (χ2n) is 9.65. The Hall–Kier alpha value is -2.95.